The summed E-state index contributed by atoms with van der Waals surface area (Å²) in [5.74, 6) is -0.554. The molecule has 1 aromatic rings. The van der Waals surface area contributed by atoms with Gasteiger partial charge in [-0.1, -0.05) is 32.0 Å². The van der Waals surface area contributed by atoms with E-state index in [1.54, 1.807) is 6.07 Å². The molecule has 2 aliphatic rings. The fraction of sp³-hybridized carbons (Fsp3) is 0.500. The molecule has 0 saturated carbocycles. The van der Waals surface area contributed by atoms with Crippen molar-refractivity contribution in [1.29, 1.82) is 0 Å². The number of fused-ring (bicyclic) bond motifs is 1. The zero-order valence-electron chi connectivity index (χ0n) is 14.1. The lowest BCUT2D eigenvalue weighted by atomic mass is 9.77. The van der Waals surface area contributed by atoms with Crippen molar-refractivity contribution in [3.8, 4) is 0 Å². The Morgan fingerprint density at radius 2 is 2.00 bits per heavy atom. The van der Waals surface area contributed by atoms with Gasteiger partial charge in [0.1, 0.15) is 12.6 Å². The molecule has 128 valence electrons. The monoisotopic (exact) mass is 329 g/mol. The van der Waals surface area contributed by atoms with E-state index in [9.17, 15) is 14.4 Å². The third-order valence-electron chi connectivity index (χ3n) is 5.43. The molecule has 0 bridgehead atoms. The lowest BCUT2D eigenvalue weighted by Gasteiger charge is -2.31. The van der Waals surface area contributed by atoms with Crippen molar-refractivity contribution in [3.63, 3.8) is 0 Å². The average molecular weight is 329 g/mol. The molecule has 0 spiro atoms. The van der Waals surface area contributed by atoms with Crippen molar-refractivity contribution in [2.75, 3.05) is 13.1 Å². The molecule has 2 N–H and O–H groups in total. The zero-order valence-corrected chi connectivity index (χ0v) is 14.1. The van der Waals surface area contributed by atoms with Crippen LogP contribution in [0.1, 0.15) is 42.6 Å². The molecule has 0 aromatic heterocycles. The van der Waals surface area contributed by atoms with Crippen molar-refractivity contribution in [1.82, 2.24) is 15.5 Å². The lowest BCUT2D eigenvalue weighted by molar-refractivity contribution is -0.129. The third-order valence-corrected chi connectivity index (χ3v) is 5.43. The van der Waals surface area contributed by atoms with Crippen molar-refractivity contribution in [2.45, 2.75) is 39.3 Å². The molecule has 6 heteroatoms. The summed E-state index contributed by atoms with van der Waals surface area (Å²) in [7, 11) is 0. The number of carbonyl (C=O) groups excluding carboxylic acids is 3. The largest absolute Gasteiger partial charge is 0.354 e. The maximum absolute atomic E-state index is 12.4. The summed E-state index contributed by atoms with van der Waals surface area (Å²) in [5.41, 5.74) is 1.34. The number of amides is 3. The molecule has 0 radical (unpaired) electrons. The molecule has 1 fully saturated rings. The minimum atomic E-state index is -0.528. The van der Waals surface area contributed by atoms with Crippen LogP contribution in [0.25, 0.3) is 0 Å². The Hall–Kier alpha value is -2.37. The first kappa shape index (κ1) is 16.5. The van der Waals surface area contributed by atoms with Gasteiger partial charge >= 0.3 is 0 Å². The first-order valence-corrected chi connectivity index (χ1v) is 8.45. The smallest absolute Gasteiger partial charge is 0.254 e. The molecule has 24 heavy (non-hydrogen) atoms. The highest BCUT2D eigenvalue weighted by atomic mass is 16.2. The van der Waals surface area contributed by atoms with Crippen LogP contribution in [0.2, 0.25) is 0 Å². The second kappa shape index (κ2) is 6.26. The molecule has 1 atom stereocenters. The first-order chi connectivity index (χ1) is 11.5. The van der Waals surface area contributed by atoms with E-state index >= 15 is 0 Å². The fourth-order valence-electron chi connectivity index (χ4n) is 3.69. The Bertz CT molecular complexity index is 682. The predicted molar refractivity (Wildman–Crippen MR) is 89.1 cm³/mol. The van der Waals surface area contributed by atoms with Gasteiger partial charge < -0.3 is 15.5 Å². The number of carbonyl (C=O) groups is 3. The second-order valence-corrected chi connectivity index (χ2v) is 6.61. The summed E-state index contributed by atoms with van der Waals surface area (Å²) >= 11 is 0. The van der Waals surface area contributed by atoms with Crippen LogP contribution in [-0.4, -0.2) is 41.8 Å². The van der Waals surface area contributed by atoms with Crippen molar-refractivity contribution >= 4 is 17.7 Å². The van der Waals surface area contributed by atoms with E-state index in [1.165, 1.54) is 4.90 Å². The molecule has 0 aliphatic carbocycles. The highest BCUT2D eigenvalue weighted by Crippen LogP contribution is 2.34. The molecule has 1 saturated heterocycles. The average Bonchev–Trinajstić information content (AvgIpc) is 3.07. The lowest BCUT2D eigenvalue weighted by Crippen LogP contribution is -2.51. The molecule has 3 amide bonds. The van der Waals surface area contributed by atoms with Crippen LogP contribution in [0.4, 0.5) is 0 Å². The van der Waals surface area contributed by atoms with E-state index < -0.39 is 6.04 Å². The van der Waals surface area contributed by atoms with Crippen molar-refractivity contribution < 1.29 is 14.4 Å². The van der Waals surface area contributed by atoms with Crippen LogP contribution in [-0.2, 0) is 16.1 Å². The summed E-state index contributed by atoms with van der Waals surface area (Å²) in [5, 5.41) is 5.70. The number of hydrogen-bond donors (Lipinski definition) is 2. The van der Waals surface area contributed by atoms with Gasteiger partial charge in [-0.3, -0.25) is 14.4 Å². The maximum Gasteiger partial charge on any atom is 0.254 e. The highest BCUT2D eigenvalue weighted by Gasteiger charge is 2.46. The van der Waals surface area contributed by atoms with Gasteiger partial charge in [0, 0.05) is 24.1 Å². The van der Waals surface area contributed by atoms with E-state index in [2.05, 4.69) is 10.6 Å². The van der Waals surface area contributed by atoms with E-state index in [4.69, 9.17) is 0 Å². The summed E-state index contributed by atoms with van der Waals surface area (Å²) in [4.78, 5) is 38.4. The number of hydrogen-bond acceptors (Lipinski definition) is 3. The van der Waals surface area contributed by atoms with E-state index in [1.807, 2.05) is 32.0 Å². The zero-order chi connectivity index (χ0) is 17.3. The van der Waals surface area contributed by atoms with Crippen LogP contribution in [0.5, 0.6) is 0 Å². The highest BCUT2D eigenvalue weighted by molar-refractivity contribution is 6.00. The number of benzene rings is 1. The molecule has 1 unspecified atom stereocenters. The quantitative estimate of drug-likeness (QED) is 0.848. The predicted octanol–water partition coefficient (Wildman–Crippen LogP) is 1.06. The summed E-state index contributed by atoms with van der Waals surface area (Å²) < 4.78 is 0. The van der Waals surface area contributed by atoms with E-state index in [-0.39, 0.29) is 29.7 Å². The molecular formula is C18H23N3O3. The minimum Gasteiger partial charge on any atom is -0.354 e. The summed E-state index contributed by atoms with van der Waals surface area (Å²) in [6.45, 7) is 5.05. The van der Waals surface area contributed by atoms with Crippen LogP contribution in [0, 0.1) is 5.41 Å². The Morgan fingerprint density at radius 3 is 2.67 bits per heavy atom. The van der Waals surface area contributed by atoms with Gasteiger partial charge in [0.25, 0.3) is 5.91 Å². The Balaban J connectivity index is 1.66. The molecule has 3 rings (SSSR count). The summed E-state index contributed by atoms with van der Waals surface area (Å²) in [6, 6.07) is 6.85. The van der Waals surface area contributed by atoms with Crippen molar-refractivity contribution in [3.05, 3.63) is 35.4 Å². The molecule has 2 heterocycles. The second-order valence-electron chi connectivity index (χ2n) is 6.61. The maximum atomic E-state index is 12.4. The van der Waals surface area contributed by atoms with E-state index in [0.717, 1.165) is 18.4 Å². The molecule has 1 aromatic carbocycles. The van der Waals surface area contributed by atoms with Crippen LogP contribution in [0.3, 0.4) is 0 Å². The van der Waals surface area contributed by atoms with Gasteiger partial charge in [-0.25, -0.2) is 0 Å². The van der Waals surface area contributed by atoms with Gasteiger partial charge in [0.15, 0.2) is 0 Å². The van der Waals surface area contributed by atoms with Crippen LogP contribution < -0.4 is 10.6 Å². The van der Waals surface area contributed by atoms with Crippen LogP contribution in [0.15, 0.2) is 24.3 Å². The van der Waals surface area contributed by atoms with Gasteiger partial charge in [-0.2, -0.15) is 0 Å². The minimum absolute atomic E-state index is 0.0270. The Labute approximate surface area is 141 Å². The number of nitrogens with zero attached hydrogens (tertiary/aromatic N) is 1. The topological polar surface area (TPSA) is 78.5 Å². The van der Waals surface area contributed by atoms with E-state index in [0.29, 0.717) is 18.7 Å². The third kappa shape index (κ3) is 2.66. The number of nitrogens with one attached hydrogen (secondary N) is 2. The standard InChI is InChI=1S/C18H23N3O3/c1-3-18(4-2)11-19-16(23)15(18)20-14(22)10-21-9-12-7-5-6-8-13(12)17(21)24/h5-8,15H,3-4,9-11H2,1-2H3,(H,19,23)(H,20,22). The van der Waals surface area contributed by atoms with Crippen molar-refractivity contribution in [2.24, 2.45) is 5.41 Å². The van der Waals surface area contributed by atoms with Crippen LogP contribution >= 0.6 is 0 Å². The molecular weight excluding hydrogens is 306 g/mol. The normalized spacial score (nSPS) is 21.6. The SMILES string of the molecule is CCC1(CC)CNC(=O)C1NC(=O)CN1Cc2ccccc2C1=O. The van der Waals surface area contributed by atoms with Gasteiger partial charge in [0.05, 0.1) is 0 Å². The van der Waals surface area contributed by atoms with Gasteiger partial charge in [-0.05, 0) is 24.5 Å². The number of rotatable bonds is 5. The Morgan fingerprint density at radius 1 is 1.29 bits per heavy atom. The summed E-state index contributed by atoms with van der Waals surface area (Å²) in [6.07, 6.45) is 1.61. The fourth-order valence-corrected chi connectivity index (χ4v) is 3.69. The van der Waals surface area contributed by atoms with Gasteiger partial charge in [-0.15, -0.1) is 0 Å². The molecule has 6 nitrogen and oxygen atoms in total. The first-order valence-electron chi connectivity index (χ1n) is 8.45. The van der Waals surface area contributed by atoms with Gasteiger partial charge in [0.2, 0.25) is 11.8 Å². The molecule has 2 aliphatic heterocycles. The Kier molecular flexibility index (Phi) is 4.30.